The predicted molar refractivity (Wildman–Crippen MR) is 80.7 cm³/mol. The number of aryl methyl sites for hydroxylation is 1. The first-order chi connectivity index (χ1) is 9.69. The molecule has 4 nitrogen and oxygen atoms in total. The van der Waals surface area contributed by atoms with Crippen LogP contribution in [0.25, 0.3) is 0 Å². The van der Waals surface area contributed by atoms with Crippen molar-refractivity contribution in [3.63, 3.8) is 0 Å². The second kappa shape index (κ2) is 7.10. The summed E-state index contributed by atoms with van der Waals surface area (Å²) in [6.45, 7) is 8.78. The predicted octanol–water partition coefficient (Wildman–Crippen LogP) is 2.98. The van der Waals surface area contributed by atoms with E-state index in [4.69, 9.17) is 4.74 Å². The van der Waals surface area contributed by atoms with Gasteiger partial charge in [-0.3, -0.25) is 0 Å². The van der Waals surface area contributed by atoms with Crippen LogP contribution in [0.5, 0.6) is 5.88 Å². The maximum Gasteiger partial charge on any atom is 0.218 e. The SMILES string of the molecule is CCn1ccc(CNCc2cccnc2OC(C)C)c1. The summed E-state index contributed by atoms with van der Waals surface area (Å²) in [7, 11) is 0. The highest BCUT2D eigenvalue weighted by molar-refractivity contribution is 5.25. The maximum absolute atomic E-state index is 5.71. The molecule has 2 aromatic rings. The Bertz CT molecular complexity index is 534. The van der Waals surface area contributed by atoms with Gasteiger partial charge in [-0.2, -0.15) is 0 Å². The van der Waals surface area contributed by atoms with Crippen molar-refractivity contribution in [1.29, 1.82) is 0 Å². The van der Waals surface area contributed by atoms with Gasteiger partial charge in [-0.05, 0) is 38.5 Å². The van der Waals surface area contributed by atoms with E-state index in [0.29, 0.717) is 0 Å². The molecule has 1 N–H and O–H groups in total. The van der Waals surface area contributed by atoms with Gasteiger partial charge in [-0.1, -0.05) is 6.07 Å². The smallest absolute Gasteiger partial charge is 0.218 e. The molecule has 0 aromatic carbocycles. The van der Waals surface area contributed by atoms with Crippen LogP contribution in [0.15, 0.2) is 36.8 Å². The fourth-order valence-electron chi connectivity index (χ4n) is 2.02. The van der Waals surface area contributed by atoms with E-state index < -0.39 is 0 Å². The molecule has 0 aliphatic heterocycles. The minimum Gasteiger partial charge on any atom is -0.475 e. The van der Waals surface area contributed by atoms with Crippen LogP contribution in [0, 0.1) is 0 Å². The largest absolute Gasteiger partial charge is 0.475 e. The van der Waals surface area contributed by atoms with E-state index >= 15 is 0 Å². The van der Waals surface area contributed by atoms with Crippen LogP contribution in [0.2, 0.25) is 0 Å². The normalized spacial score (nSPS) is 11.0. The molecule has 0 saturated heterocycles. The van der Waals surface area contributed by atoms with Crippen molar-refractivity contribution < 1.29 is 4.74 Å². The van der Waals surface area contributed by atoms with Gasteiger partial charge in [0.1, 0.15) is 0 Å². The Balaban J connectivity index is 1.90. The number of nitrogens with one attached hydrogen (secondary N) is 1. The van der Waals surface area contributed by atoms with Crippen molar-refractivity contribution in [2.75, 3.05) is 0 Å². The molecule has 0 atom stereocenters. The molecular weight excluding hydrogens is 250 g/mol. The first-order valence-corrected chi connectivity index (χ1v) is 7.15. The fraction of sp³-hybridized carbons (Fsp3) is 0.438. The van der Waals surface area contributed by atoms with Crippen LogP contribution in [-0.2, 0) is 19.6 Å². The Morgan fingerprint density at radius 1 is 1.30 bits per heavy atom. The number of hydrogen-bond acceptors (Lipinski definition) is 3. The molecule has 2 rings (SSSR count). The Morgan fingerprint density at radius 3 is 2.85 bits per heavy atom. The lowest BCUT2D eigenvalue weighted by molar-refractivity contribution is 0.229. The highest BCUT2D eigenvalue weighted by Crippen LogP contribution is 2.15. The average molecular weight is 273 g/mol. The Labute approximate surface area is 120 Å². The minimum absolute atomic E-state index is 0.141. The van der Waals surface area contributed by atoms with Gasteiger partial charge in [0.15, 0.2) is 0 Å². The highest BCUT2D eigenvalue weighted by Gasteiger charge is 2.06. The van der Waals surface area contributed by atoms with Crippen molar-refractivity contribution in [1.82, 2.24) is 14.9 Å². The molecular formula is C16H23N3O. The third-order valence-electron chi connectivity index (χ3n) is 3.02. The van der Waals surface area contributed by atoms with Crippen molar-refractivity contribution in [3.8, 4) is 5.88 Å². The molecule has 0 spiro atoms. The summed E-state index contributed by atoms with van der Waals surface area (Å²) < 4.78 is 7.89. The van der Waals surface area contributed by atoms with Gasteiger partial charge in [-0.15, -0.1) is 0 Å². The molecule has 0 aliphatic rings. The second-order valence-electron chi connectivity index (χ2n) is 5.09. The first kappa shape index (κ1) is 14.6. The molecule has 2 aromatic heterocycles. The summed E-state index contributed by atoms with van der Waals surface area (Å²) >= 11 is 0. The van der Waals surface area contributed by atoms with Gasteiger partial charge in [-0.25, -0.2) is 4.98 Å². The van der Waals surface area contributed by atoms with E-state index in [1.807, 2.05) is 19.9 Å². The van der Waals surface area contributed by atoms with Crippen LogP contribution in [0.1, 0.15) is 31.9 Å². The molecule has 0 unspecified atom stereocenters. The van der Waals surface area contributed by atoms with E-state index in [-0.39, 0.29) is 6.10 Å². The summed E-state index contributed by atoms with van der Waals surface area (Å²) in [5.74, 6) is 0.723. The topological polar surface area (TPSA) is 39.1 Å². The van der Waals surface area contributed by atoms with Crippen molar-refractivity contribution in [3.05, 3.63) is 47.9 Å². The van der Waals surface area contributed by atoms with Gasteiger partial charge in [0.2, 0.25) is 5.88 Å². The Hall–Kier alpha value is -1.81. The van der Waals surface area contributed by atoms with Gasteiger partial charge in [0.05, 0.1) is 6.10 Å². The average Bonchev–Trinajstić information content (AvgIpc) is 2.88. The lowest BCUT2D eigenvalue weighted by atomic mass is 10.2. The van der Waals surface area contributed by atoms with Crippen LogP contribution < -0.4 is 10.1 Å². The lowest BCUT2D eigenvalue weighted by Gasteiger charge is -2.13. The highest BCUT2D eigenvalue weighted by atomic mass is 16.5. The zero-order valence-corrected chi connectivity index (χ0v) is 12.5. The standard InChI is InChI=1S/C16H23N3O/c1-4-19-9-7-14(12-19)10-17-11-15-6-5-8-18-16(15)20-13(2)3/h5-9,12-13,17H,4,10-11H2,1-3H3. The number of ether oxygens (including phenoxy) is 1. The number of aromatic nitrogens is 2. The van der Waals surface area contributed by atoms with E-state index in [1.54, 1.807) is 6.20 Å². The Morgan fingerprint density at radius 2 is 2.15 bits per heavy atom. The van der Waals surface area contributed by atoms with Crippen molar-refractivity contribution in [2.45, 2.75) is 46.5 Å². The van der Waals surface area contributed by atoms with Crippen LogP contribution >= 0.6 is 0 Å². The van der Waals surface area contributed by atoms with E-state index in [9.17, 15) is 0 Å². The summed E-state index contributed by atoms with van der Waals surface area (Å²) in [5, 5.41) is 3.44. The van der Waals surface area contributed by atoms with E-state index in [2.05, 4.69) is 46.3 Å². The lowest BCUT2D eigenvalue weighted by Crippen LogP contribution is -2.15. The van der Waals surface area contributed by atoms with Crippen LogP contribution in [-0.4, -0.2) is 15.7 Å². The summed E-state index contributed by atoms with van der Waals surface area (Å²) in [5.41, 5.74) is 2.39. The minimum atomic E-state index is 0.141. The molecule has 0 saturated carbocycles. The fourth-order valence-corrected chi connectivity index (χ4v) is 2.02. The van der Waals surface area contributed by atoms with Crippen molar-refractivity contribution in [2.24, 2.45) is 0 Å². The third kappa shape index (κ3) is 4.10. The second-order valence-corrected chi connectivity index (χ2v) is 5.09. The molecule has 0 amide bonds. The summed E-state index contributed by atoms with van der Waals surface area (Å²) in [6, 6.07) is 6.14. The number of rotatable bonds is 7. The van der Waals surface area contributed by atoms with Crippen molar-refractivity contribution >= 4 is 0 Å². The molecule has 0 radical (unpaired) electrons. The molecule has 4 heteroatoms. The quantitative estimate of drug-likeness (QED) is 0.843. The summed E-state index contributed by atoms with van der Waals surface area (Å²) in [4.78, 5) is 4.30. The zero-order chi connectivity index (χ0) is 14.4. The first-order valence-electron chi connectivity index (χ1n) is 7.15. The van der Waals surface area contributed by atoms with Crippen LogP contribution in [0.3, 0.4) is 0 Å². The third-order valence-corrected chi connectivity index (χ3v) is 3.02. The zero-order valence-electron chi connectivity index (χ0n) is 12.5. The molecule has 0 bridgehead atoms. The maximum atomic E-state index is 5.71. The number of nitrogens with zero attached hydrogens (tertiary/aromatic N) is 2. The van der Waals surface area contributed by atoms with Gasteiger partial charge >= 0.3 is 0 Å². The molecule has 0 aliphatic carbocycles. The van der Waals surface area contributed by atoms with Gasteiger partial charge in [0, 0.05) is 43.8 Å². The Kier molecular flexibility index (Phi) is 5.18. The molecule has 20 heavy (non-hydrogen) atoms. The summed E-state index contributed by atoms with van der Waals surface area (Å²) in [6.07, 6.45) is 6.18. The molecule has 108 valence electrons. The van der Waals surface area contributed by atoms with E-state index in [0.717, 1.165) is 31.1 Å². The van der Waals surface area contributed by atoms with Gasteiger partial charge in [0.25, 0.3) is 0 Å². The van der Waals surface area contributed by atoms with E-state index in [1.165, 1.54) is 5.56 Å². The van der Waals surface area contributed by atoms with Crippen LogP contribution in [0.4, 0.5) is 0 Å². The number of hydrogen-bond donors (Lipinski definition) is 1. The monoisotopic (exact) mass is 273 g/mol. The molecule has 2 heterocycles. The van der Waals surface area contributed by atoms with Gasteiger partial charge < -0.3 is 14.6 Å². The molecule has 0 fully saturated rings. The number of pyridine rings is 1.